The Labute approximate surface area is 135 Å². The molecule has 0 amide bonds. The molecule has 0 fully saturated rings. The van der Waals surface area contributed by atoms with E-state index in [1.165, 1.54) is 0 Å². The van der Waals surface area contributed by atoms with Gasteiger partial charge in [0.2, 0.25) is 0 Å². The molecule has 128 valence electrons. The molecule has 0 radical (unpaired) electrons. The maximum atomic E-state index is 12.4. The van der Waals surface area contributed by atoms with Crippen molar-refractivity contribution in [2.45, 2.75) is 55.4 Å². The van der Waals surface area contributed by atoms with Crippen LogP contribution >= 0.6 is 0 Å². The number of ether oxygens (including phenoxy) is 2. The van der Waals surface area contributed by atoms with Crippen LogP contribution in [0.3, 0.4) is 0 Å². The molecule has 0 atom stereocenters. The number of rotatable bonds is 8. The summed E-state index contributed by atoms with van der Waals surface area (Å²) in [6.45, 7) is 16.2. The van der Waals surface area contributed by atoms with Gasteiger partial charge in [-0.1, -0.05) is 55.4 Å². The summed E-state index contributed by atoms with van der Waals surface area (Å²) in [6, 6.07) is 0. The van der Waals surface area contributed by atoms with E-state index in [0.717, 1.165) is 0 Å². The lowest BCUT2D eigenvalue weighted by molar-refractivity contribution is -0.144. The lowest BCUT2D eigenvalue weighted by atomic mass is 9.90. The molecule has 0 aromatic carbocycles. The van der Waals surface area contributed by atoms with Crippen LogP contribution in [0.5, 0.6) is 0 Å². The minimum absolute atomic E-state index is 0.0938. The van der Waals surface area contributed by atoms with E-state index in [1.807, 2.05) is 55.4 Å². The van der Waals surface area contributed by atoms with E-state index in [0.29, 0.717) is 24.4 Å². The Hall–Kier alpha value is -1.32. The third kappa shape index (κ3) is 7.10. The van der Waals surface area contributed by atoms with E-state index < -0.39 is 11.9 Å². The van der Waals surface area contributed by atoms with Crippen molar-refractivity contribution in [2.24, 2.45) is 23.7 Å². The van der Waals surface area contributed by atoms with Crippen molar-refractivity contribution in [2.75, 3.05) is 13.2 Å². The molecule has 0 N–H and O–H groups in total. The van der Waals surface area contributed by atoms with Crippen molar-refractivity contribution in [3.63, 3.8) is 0 Å². The zero-order valence-electron chi connectivity index (χ0n) is 15.4. The molecule has 0 bridgehead atoms. The standard InChI is InChI=1S/C18H32O4/c1-11(2)9-21-17(19)15(13(5)6)16(14(7)8)18(20)22-10-12(3)4/h11-14H,9-10H2,1-8H3/b16-15-. The first-order valence-electron chi connectivity index (χ1n) is 8.16. The molecule has 0 saturated carbocycles. The highest BCUT2D eigenvalue weighted by molar-refractivity contribution is 6.01. The highest BCUT2D eigenvalue weighted by atomic mass is 16.5. The third-order valence-corrected chi connectivity index (χ3v) is 2.98. The summed E-state index contributed by atoms with van der Waals surface area (Å²) in [5, 5.41) is 0. The van der Waals surface area contributed by atoms with Crippen molar-refractivity contribution in [3.05, 3.63) is 11.1 Å². The van der Waals surface area contributed by atoms with E-state index in [4.69, 9.17) is 9.47 Å². The highest BCUT2D eigenvalue weighted by Crippen LogP contribution is 2.24. The largest absolute Gasteiger partial charge is 0.462 e. The average Bonchev–Trinajstić information content (AvgIpc) is 2.38. The summed E-state index contributed by atoms with van der Waals surface area (Å²) >= 11 is 0. The number of carbonyl (C=O) groups is 2. The molecular weight excluding hydrogens is 280 g/mol. The van der Waals surface area contributed by atoms with Crippen molar-refractivity contribution in [1.29, 1.82) is 0 Å². The summed E-state index contributed by atoms with van der Waals surface area (Å²) in [4.78, 5) is 24.8. The molecule has 0 saturated heterocycles. The first kappa shape index (κ1) is 20.7. The maximum absolute atomic E-state index is 12.4. The van der Waals surface area contributed by atoms with Crippen LogP contribution in [0, 0.1) is 23.7 Å². The maximum Gasteiger partial charge on any atom is 0.334 e. The van der Waals surface area contributed by atoms with Gasteiger partial charge < -0.3 is 9.47 Å². The molecule has 0 spiro atoms. The Morgan fingerprint density at radius 3 is 1.09 bits per heavy atom. The van der Waals surface area contributed by atoms with Crippen LogP contribution in [0.15, 0.2) is 11.1 Å². The van der Waals surface area contributed by atoms with Crippen molar-refractivity contribution in [1.82, 2.24) is 0 Å². The fourth-order valence-electron chi connectivity index (χ4n) is 1.95. The van der Waals surface area contributed by atoms with Crippen LogP contribution in [0.4, 0.5) is 0 Å². The van der Waals surface area contributed by atoms with Gasteiger partial charge in [-0.3, -0.25) is 0 Å². The van der Waals surface area contributed by atoms with Crippen LogP contribution in [0.2, 0.25) is 0 Å². The topological polar surface area (TPSA) is 52.6 Å². The highest BCUT2D eigenvalue weighted by Gasteiger charge is 2.28. The Bertz CT molecular complexity index is 365. The molecule has 0 aliphatic rings. The lowest BCUT2D eigenvalue weighted by Gasteiger charge is -2.20. The molecule has 0 unspecified atom stereocenters. The zero-order chi connectivity index (χ0) is 17.4. The van der Waals surface area contributed by atoms with Gasteiger partial charge in [-0.05, 0) is 23.7 Å². The van der Waals surface area contributed by atoms with Crippen molar-refractivity contribution < 1.29 is 19.1 Å². The van der Waals surface area contributed by atoms with Gasteiger partial charge in [-0.2, -0.15) is 0 Å². The van der Waals surface area contributed by atoms with Gasteiger partial charge in [-0.25, -0.2) is 9.59 Å². The van der Waals surface area contributed by atoms with E-state index in [9.17, 15) is 9.59 Å². The summed E-state index contributed by atoms with van der Waals surface area (Å²) in [7, 11) is 0. The smallest absolute Gasteiger partial charge is 0.334 e. The third-order valence-electron chi connectivity index (χ3n) is 2.98. The zero-order valence-corrected chi connectivity index (χ0v) is 15.4. The number of hydrogen-bond acceptors (Lipinski definition) is 4. The predicted octanol–water partition coefficient (Wildman–Crippen LogP) is 3.99. The molecule has 0 aliphatic carbocycles. The molecule has 4 nitrogen and oxygen atoms in total. The Balaban J connectivity index is 5.46. The summed E-state index contributed by atoms with van der Waals surface area (Å²) in [6.07, 6.45) is 0. The quantitative estimate of drug-likeness (QED) is 0.502. The van der Waals surface area contributed by atoms with Gasteiger partial charge in [0.15, 0.2) is 0 Å². The minimum atomic E-state index is -0.408. The van der Waals surface area contributed by atoms with Gasteiger partial charge in [0, 0.05) is 0 Å². The van der Waals surface area contributed by atoms with Gasteiger partial charge in [0.1, 0.15) is 0 Å². The second kappa shape index (κ2) is 9.65. The SMILES string of the molecule is CC(C)COC(=O)/C(=C(\C(=O)OCC(C)C)C(C)C)C(C)C. The second-order valence-corrected chi connectivity index (χ2v) is 7.12. The molecule has 0 aromatic rings. The minimum Gasteiger partial charge on any atom is -0.462 e. The monoisotopic (exact) mass is 312 g/mol. The van der Waals surface area contributed by atoms with Crippen LogP contribution < -0.4 is 0 Å². The summed E-state index contributed by atoms with van der Waals surface area (Å²) < 4.78 is 10.7. The Morgan fingerprint density at radius 1 is 0.636 bits per heavy atom. The van der Waals surface area contributed by atoms with Crippen molar-refractivity contribution >= 4 is 11.9 Å². The number of esters is 2. The average molecular weight is 312 g/mol. The second-order valence-electron chi connectivity index (χ2n) is 7.12. The van der Waals surface area contributed by atoms with Gasteiger partial charge in [0.25, 0.3) is 0 Å². The first-order valence-corrected chi connectivity index (χ1v) is 8.16. The van der Waals surface area contributed by atoms with Gasteiger partial charge in [-0.15, -0.1) is 0 Å². The molecule has 0 aromatic heterocycles. The number of hydrogen-bond donors (Lipinski definition) is 0. The molecule has 22 heavy (non-hydrogen) atoms. The van der Waals surface area contributed by atoms with Crippen LogP contribution in [-0.4, -0.2) is 25.2 Å². The van der Waals surface area contributed by atoms with Crippen LogP contribution in [-0.2, 0) is 19.1 Å². The molecular formula is C18H32O4. The molecule has 0 aliphatic heterocycles. The summed E-state index contributed by atoms with van der Waals surface area (Å²) in [5.74, 6) is -0.490. The lowest BCUT2D eigenvalue weighted by Crippen LogP contribution is -2.24. The summed E-state index contributed by atoms with van der Waals surface area (Å²) in [5.41, 5.74) is 0.869. The van der Waals surface area contributed by atoms with Crippen molar-refractivity contribution in [3.8, 4) is 0 Å². The fraction of sp³-hybridized carbons (Fsp3) is 0.778. The Kier molecular flexibility index (Phi) is 9.07. The molecule has 0 rings (SSSR count). The van der Waals surface area contributed by atoms with E-state index in [2.05, 4.69) is 0 Å². The van der Waals surface area contributed by atoms with Crippen LogP contribution in [0.1, 0.15) is 55.4 Å². The van der Waals surface area contributed by atoms with E-state index >= 15 is 0 Å². The van der Waals surface area contributed by atoms with E-state index in [1.54, 1.807) is 0 Å². The molecule has 4 heteroatoms. The van der Waals surface area contributed by atoms with Gasteiger partial charge >= 0.3 is 11.9 Å². The fourth-order valence-corrected chi connectivity index (χ4v) is 1.95. The first-order chi connectivity index (χ1) is 10.1. The normalized spacial score (nSPS) is 12.9. The van der Waals surface area contributed by atoms with Gasteiger partial charge in [0.05, 0.1) is 24.4 Å². The van der Waals surface area contributed by atoms with Crippen LogP contribution in [0.25, 0.3) is 0 Å². The van der Waals surface area contributed by atoms with E-state index in [-0.39, 0.29) is 23.7 Å². The number of carbonyl (C=O) groups excluding carboxylic acids is 2. The predicted molar refractivity (Wildman–Crippen MR) is 88.3 cm³/mol. The molecule has 0 heterocycles. The Morgan fingerprint density at radius 2 is 0.909 bits per heavy atom.